The molecule has 0 aromatic heterocycles. The summed E-state index contributed by atoms with van der Waals surface area (Å²) in [5.74, 6) is -1.31. The second-order valence-corrected chi connectivity index (χ2v) is 13.2. The van der Waals surface area contributed by atoms with Gasteiger partial charge in [0, 0.05) is 42.7 Å². The van der Waals surface area contributed by atoms with Crippen LogP contribution >= 0.6 is 0 Å². The third kappa shape index (κ3) is 14.4. The molecule has 0 heterocycles. The molecule has 4 atom stereocenters. The number of hydrogen-bond donors (Lipinski definition) is 4. The van der Waals surface area contributed by atoms with E-state index < -0.39 is 48.3 Å². The number of carbonyl (C=O) groups excluding carboxylic acids is 4. The van der Waals surface area contributed by atoms with Crippen molar-refractivity contribution in [3.63, 3.8) is 0 Å². The Morgan fingerprint density at radius 3 is 1.18 bits per heavy atom. The Balaban J connectivity index is 1.78. The number of rotatable bonds is 25. The van der Waals surface area contributed by atoms with Crippen LogP contribution in [0.2, 0.25) is 0 Å². The van der Waals surface area contributed by atoms with Crippen molar-refractivity contribution < 1.29 is 77.5 Å². The maximum Gasteiger partial charge on any atom is 0.330 e. The van der Waals surface area contributed by atoms with Crippen LogP contribution in [0.15, 0.2) is 98.6 Å². The van der Waals surface area contributed by atoms with Gasteiger partial charge >= 0.3 is 23.9 Å². The maximum absolute atomic E-state index is 11.6. The fourth-order valence-corrected chi connectivity index (χ4v) is 5.55. The van der Waals surface area contributed by atoms with E-state index in [1.165, 1.54) is 6.92 Å². The summed E-state index contributed by atoms with van der Waals surface area (Å²) in [6, 6.07) is 17.5. The lowest BCUT2D eigenvalue weighted by Gasteiger charge is -2.21. The van der Waals surface area contributed by atoms with E-state index in [0.717, 1.165) is 29.0 Å². The van der Waals surface area contributed by atoms with Gasteiger partial charge in [0.05, 0.1) is 0 Å². The Bertz CT molecular complexity index is 2140. The largest absolute Gasteiger partial charge is 0.491 e. The van der Waals surface area contributed by atoms with Gasteiger partial charge in [-0.2, -0.15) is 0 Å². The van der Waals surface area contributed by atoms with Gasteiger partial charge in [-0.25, -0.2) is 14.4 Å². The topological polar surface area (TPSA) is 223 Å². The number of benzene rings is 4. The molecule has 4 N–H and O–H groups in total. The predicted molar refractivity (Wildman–Crippen MR) is 217 cm³/mol. The zero-order valence-electron chi connectivity index (χ0n) is 33.0. The average molecular weight is 833 g/mol. The van der Waals surface area contributed by atoms with Crippen LogP contribution in [-0.4, -0.2) is 122 Å². The zero-order chi connectivity index (χ0) is 43.6. The van der Waals surface area contributed by atoms with Crippen molar-refractivity contribution in [1.29, 1.82) is 0 Å². The van der Waals surface area contributed by atoms with Gasteiger partial charge in [-0.3, -0.25) is 4.79 Å². The summed E-state index contributed by atoms with van der Waals surface area (Å²) in [5, 5.41) is 44.8. The molecule has 0 saturated heterocycles. The van der Waals surface area contributed by atoms with Gasteiger partial charge in [-0.1, -0.05) is 44.0 Å². The van der Waals surface area contributed by atoms with E-state index in [0.29, 0.717) is 44.9 Å². The SMILES string of the molecule is C=CC(=O)OCC(O)COc1ccc2ccc(OCC(O)COC(C)=O)c(Cc3c(OCC(O)COC(=O)C=C)ccc4ccc(OCC(O)COC(=O)C=C)cc34)c2c1. The normalized spacial score (nSPS) is 12.9. The first-order chi connectivity index (χ1) is 28.8. The number of ether oxygens (including phenoxy) is 8. The van der Waals surface area contributed by atoms with Crippen molar-refractivity contribution in [2.24, 2.45) is 0 Å². The van der Waals surface area contributed by atoms with Crippen molar-refractivity contribution in [2.45, 2.75) is 37.8 Å². The molecular formula is C44H48O16. The molecule has 0 fully saturated rings. The van der Waals surface area contributed by atoms with Gasteiger partial charge < -0.3 is 58.3 Å². The fraction of sp³-hybridized carbons (Fsp3) is 0.318. The van der Waals surface area contributed by atoms with Gasteiger partial charge in [0.25, 0.3) is 0 Å². The van der Waals surface area contributed by atoms with Gasteiger partial charge in [0.1, 0.15) is 100 Å². The van der Waals surface area contributed by atoms with E-state index in [9.17, 15) is 39.6 Å². The Morgan fingerprint density at radius 2 is 0.833 bits per heavy atom. The Hall–Kier alpha value is -6.46. The molecule has 0 amide bonds. The summed E-state index contributed by atoms with van der Waals surface area (Å²) in [5.41, 5.74) is 1.17. The highest BCUT2D eigenvalue weighted by Crippen LogP contribution is 2.38. The number of fused-ring (bicyclic) bond motifs is 2. The summed E-state index contributed by atoms with van der Waals surface area (Å²) < 4.78 is 43.8. The molecule has 0 radical (unpaired) electrons. The molecule has 60 heavy (non-hydrogen) atoms. The molecule has 0 bridgehead atoms. The predicted octanol–water partition coefficient (Wildman–Crippen LogP) is 3.29. The molecule has 16 heteroatoms. The average Bonchev–Trinajstić information content (AvgIpc) is 3.25. The van der Waals surface area contributed by atoms with E-state index >= 15 is 0 Å². The summed E-state index contributed by atoms with van der Waals surface area (Å²) in [4.78, 5) is 46.0. The molecule has 0 saturated carbocycles. The summed E-state index contributed by atoms with van der Waals surface area (Å²) >= 11 is 0. The molecule has 4 unspecified atom stereocenters. The van der Waals surface area contributed by atoms with Gasteiger partial charge in [0.15, 0.2) is 0 Å². The lowest BCUT2D eigenvalue weighted by molar-refractivity contribution is -0.144. The third-order valence-electron chi connectivity index (χ3n) is 8.46. The van der Waals surface area contributed by atoms with Crippen molar-refractivity contribution in [3.8, 4) is 23.0 Å². The van der Waals surface area contributed by atoms with Crippen LogP contribution in [0, 0.1) is 0 Å². The molecule has 16 nitrogen and oxygen atoms in total. The maximum atomic E-state index is 11.6. The Kier molecular flexibility index (Phi) is 17.9. The van der Waals surface area contributed by atoms with Crippen molar-refractivity contribution in [2.75, 3.05) is 52.9 Å². The minimum Gasteiger partial charge on any atom is -0.491 e. The number of hydrogen-bond acceptors (Lipinski definition) is 16. The Morgan fingerprint density at radius 1 is 0.500 bits per heavy atom. The molecule has 0 aliphatic carbocycles. The smallest absolute Gasteiger partial charge is 0.330 e. The highest BCUT2D eigenvalue weighted by Gasteiger charge is 2.20. The van der Waals surface area contributed by atoms with E-state index in [4.69, 9.17) is 37.9 Å². The minimum absolute atomic E-state index is 0.0914. The summed E-state index contributed by atoms with van der Waals surface area (Å²) in [6.07, 6.45) is -1.67. The quantitative estimate of drug-likeness (QED) is 0.0427. The molecule has 0 aliphatic heterocycles. The molecule has 4 aromatic rings. The lowest BCUT2D eigenvalue weighted by Crippen LogP contribution is -2.25. The second-order valence-electron chi connectivity index (χ2n) is 13.2. The fourth-order valence-electron chi connectivity index (χ4n) is 5.55. The first kappa shape index (κ1) is 46.2. The summed E-state index contributed by atoms with van der Waals surface area (Å²) in [6.45, 7) is 8.96. The van der Waals surface area contributed by atoms with Crippen LogP contribution in [0.4, 0.5) is 0 Å². The third-order valence-corrected chi connectivity index (χ3v) is 8.46. The summed E-state index contributed by atoms with van der Waals surface area (Å²) in [7, 11) is 0. The number of esters is 4. The molecule has 4 aromatic carbocycles. The number of aliphatic hydroxyl groups is 4. The first-order valence-corrected chi connectivity index (χ1v) is 18.7. The second kappa shape index (κ2) is 23.2. The number of carbonyl (C=O) groups is 4. The van der Waals surface area contributed by atoms with Crippen molar-refractivity contribution >= 4 is 45.4 Å². The number of aliphatic hydroxyl groups excluding tert-OH is 4. The minimum atomic E-state index is -1.21. The highest BCUT2D eigenvalue weighted by atomic mass is 16.6. The molecule has 320 valence electrons. The van der Waals surface area contributed by atoms with Crippen LogP contribution in [0.5, 0.6) is 23.0 Å². The van der Waals surface area contributed by atoms with E-state index in [2.05, 4.69) is 19.7 Å². The first-order valence-electron chi connectivity index (χ1n) is 18.7. The van der Waals surface area contributed by atoms with E-state index in [1.54, 1.807) is 60.7 Å². The molecular weight excluding hydrogens is 784 g/mol. The Labute approximate surface area is 345 Å². The molecule has 4 rings (SSSR count). The lowest BCUT2D eigenvalue weighted by atomic mass is 9.93. The van der Waals surface area contributed by atoms with Gasteiger partial charge in [0.2, 0.25) is 0 Å². The zero-order valence-corrected chi connectivity index (χ0v) is 33.0. The van der Waals surface area contributed by atoms with Crippen molar-refractivity contribution in [1.82, 2.24) is 0 Å². The van der Waals surface area contributed by atoms with Gasteiger partial charge in [-0.05, 0) is 57.9 Å². The molecule has 0 aliphatic rings. The standard InChI is InChI=1S/C44H48O16/c1-5-42(50)58-24-31(47)20-54-34-12-8-28-10-14-40(56-22-30(46)19-53-27(4)45)38(36(28)16-34)18-39-37-17-35(55-21-32(48)25-59-43(51)6-2)13-9-29(37)11-15-41(39)57-23-33(49)26-60-44(52)7-3/h5-17,30-33,46-49H,1-3,18-26H2,4H3. The van der Waals surface area contributed by atoms with Crippen LogP contribution in [0.25, 0.3) is 21.5 Å². The van der Waals surface area contributed by atoms with Crippen LogP contribution < -0.4 is 18.9 Å². The highest BCUT2D eigenvalue weighted by molar-refractivity contribution is 5.93. The van der Waals surface area contributed by atoms with Gasteiger partial charge in [-0.15, -0.1) is 0 Å². The van der Waals surface area contributed by atoms with Crippen LogP contribution in [0.3, 0.4) is 0 Å². The monoisotopic (exact) mass is 832 g/mol. The van der Waals surface area contributed by atoms with E-state index in [1.807, 2.05) is 0 Å². The van der Waals surface area contributed by atoms with Crippen molar-refractivity contribution in [3.05, 3.63) is 110 Å². The van der Waals surface area contributed by atoms with E-state index in [-0.39, 0.29) is 59.3 Å². The van der Waals surface area contributed by atoms with Crippen LogP contribution in [-0.2, 0) is 44.5 Å². The van der Waals surface area contributed by atoms with Crippen LogP contribution in [0.1, 0.15) is 18.1 Å². The molecule has 0 spiro atoms.